The summed E-state index contributed by atoms with van der Waals surface area (Å²) >= 11 is 0. The zero-order chi connectivity index (χ0) is 18.5. The number of amides is 3. The van der Waals surface area contributed by atoms with E-state index in [1.165, 1.54) is 0 Å². The predicted octanol–water partition coefficient (Wildman–Crippen LogP) is 1.80. The van der Waals surface area contributed by atoms with E-state index in [1.807, 2.05) is 36.2 Å². The van der Waals surface area contributed by atoms with E-state index in [4.69, 9.17) is 5.73 Å². The van der Waals surface area contributed by atoms with Crippen molar-refractivity contribution in [3.8, 4) is 0 Å². The molecule has 1 saturated heterocycles. The van der Waals surface area contributed by atoms with Gasteiger partial charge in [-0.15, -0.1) is 0 Å². The number of hydrogen-bond acceptors (Lipinski definition) is 3. The Kier molecular flexibility index (Phi) is 5.75. The molecule has 0 spiro atoms. The van der Waals surface area contributed by atoms with Crippen molar-refractivity contribution in [3.05, 3.63) is 30.1 Å². The summed E-state index contributed by atoms with van der Waals surface area (Å²) in [6.45, 7) is 2.02. The first-order valence-electron chi connectivity index (χ1n) is 9.26. The Hall–Kier alpha value is -2.57. The maximum atomic E-state index is 12.4. The second-order valence-electron chi connectivity index (χ2n) is 7.02. The molecule has 7 heteroatoms. The van der Waals surface area contributed by atoms with Gasteiger partial charge < -0.3 is 20.5 Å². The van der Waals surface area contributed by atoms with Crippen LogP contribution in [0.15, 0.2) is 24.3 Å². The third kappa shape index (κ3) is 4.33. The number of rotatable bonds is 6. The van der Waals surface area contributed by atoms with Gasteiger partial charge >= 0.3 is 6.03 Å². The van der Waals surface area contributed by atoms with E-state index in [0.29, 0.717) is 31.8 Å². The largest absolute Gasteiger partial charge is 0.370 e. The number of nitrogens with zero attached hydrogens (tertiary/aromatic N) is 3. The Bertz CT molecular complexity index is 785. The monoisotopic (exact) mass is 357 g/mol. The number of aromatic nitrogens is 2. The summed E-state index contributed by atoms with van der Waals surface area (Å²) in [6, 6.07) is 7.99. The van der Waals surface area contributed by atoms with Gasteiger partial charge in [0.15, 0.2) is 0 Å². The highest BCUT2D eigenvalue weighted by atomic mass is 16.2. The number of piperidine rings is 1. The summed E-state index contributed by atoms with van der Waals surface area (Å²) in [6.07, 6.45) is 3.88. The van der Waals surface area contributed by atoms with Crippen LogP contribution in [-0.4, -0.2) is 46.0 Å². The van der Waals surface area contributed by atoms with Crippen LogP contribution in [-0.2, 0) is 18.3 Å². The number of primary amides is 1. The topological polar surface area (TPSA) is 93.3 Å². The molecule has 3 N–H and O–H groups in total. The molecule has 140 valence electrons. The standard InChI is InChI=1S/C19H27N5O2/c1-23-16-7-3-2-6-15(16)22-18(23)10-11-21-19(26)24-12-4-5-14(13-24)8-9-17(20)25/h2-3,6-7,14H,4-5,8-13H2,1H3,(H2,20,25)(H,21,26)/t14-/m1/s1. The number of aryl methyl sites for hydroxylation is 1. The van der Waals surface area contributed by atoms with Crippen LogP contribution >= 0.6 is 0 Å². The number of para-hydroxylation sites is 2. The number of benzene rings is 1. The van der Waals surface area contributed by atoms with Gasteiger partial charge in [0, 0.05) is 39.5 Å². The van der Waals surface area contributed by atoms with Crippen molar-refractivity contribution in [2.75, 3.05) is 19.6 Å². The maximum Gasteiger partial charge on any atom is 0.317 e. The molecule has 2 heterocycles. The highest BCUT2D eigenvalue weighted by Crippen LogP contribution is 2.21. The van der Waals surface area contributed by atoms with Crippen LogP contribution in [0, 0.1) is 5.92 Å². The van der Waals surface area contributed by atoms with Crippen LogP contribution in [0.1, 0.15) is 31.5 Å². The van der Waals surface area contributed by atoms with Crippen LogP contribution in [0.2, 0.25) is 0 Å². The first-order chi connectivity index (χ1) is 12.5. The van der Waals surface area contributed by atoms with Crippen LogP contribution in [0.4, 0.5) is 4.79 Å². The number of carbonyl (C=O) groups excluding carboxylic acids is 2. The second-order valence-corrected chi connectivity index (χ2v) is 7.02. The minimum Gasteiger partial charge on any atom is -0.370 e. The van der Waals surface area contributed by atoms with E-state index in [1.54, 1.807) is 0 Å². The number of imidazole rings is 1. The predicted molar refractivity (Wildman–Crippen MR) is 101 cm³/mol. The van der Waals surface area contributed by atoms with Crippen molar-refractivity contribution in [2.45, 2.75) is 32.1 Å². The van der Waals surface area contributed by atoms with Crippen molar-refractivity contribution in [1.29, 1.82) is 0 Å². The van der Waals surface area contributed by atoms with Gasteiger partial charge in [-0.1, -0.05) is 12.1 Å². The van der Waals surface area contributed by atoms with Crippen LogP contribution in [0.5, 0.6) is 0 Å². The van der Waals surface area contributed by atoms with Gasteiger partial charge in [-0.25, -0.2) is 9.78 Å². The molecule has 0 radical (unpaired) electrons. The number of nitrogens with one attached hydrogen (secondary N) is 1. The molecule has 1 aromatic heterocycles. The van der Waals surface area contributed by atoms with Gasteiger partial charge in [-0.3, -0.25) is 4.79 Å². The number of carbonyl (C=O) groups is 2. The molecule has 1 aliphatic heterocycles. The number of likely N-dealkylation sites (tertiary alicyclic amines) is 1. The van der Waals surface area contributed by atoms with Gasteiger partial charge in [-0.05, 0) is 37.3 Å². The summed E-state index contributed by atoms with van der Waals surface area (Å²) in [4.78, 5) is 29.9. The van der Waals surface area contributed by atoms with E-state index in [2.05, 4.69) is 14.9 Å². The summed E-state index contributed by atoms with van der Waals surface area (Å²) in [5.74, 6) is 1.06. The third-order valence-electron chi connectivity index (χ3n) is 5.11. The number of fused-ring (bicyclic) bond motifs is 1. The zero-order valence-electron chi connectivity index (χ0n) is 15.3. The van der Waals surface area contributed by atoms with E-state index in [9.17, 15) is 9.59 Å². The molecule has 2 aromatic rings. The van der Waals surface area contributed by atoms with Crippen molar-refractivity contribution in [2.24, 2.45) is 18.7 Å². The Morgan fingerprint density at radius 2 is 2.15 bits per heavy atom. The average Bonchev–Trinajstić information content (AvgIpc) is 2.96. The summed E-state index contributed by atoms with van der Waals surface area (Å²) < 4.78 is 2.07. The first kappa shape index (κ1) is 18.2. The van der Waals surface area contributed by atoms with E-state index in [0.717, 1.165) is 42.7 Å². The molecule has 3 rings (SSSR count). The van der Waals surface area contributed by atoms with Crippen molar-refractivity contribution < 1.29 is 9.59 Å². The molecule has 1 fully saturated rings. The highest BCUT2D eigenvalue weighted by molar-refractivity contribution is 5.76. The second kappa shape index (κ2) is 8.21. The van der Waals surface area contributed by atoms with Crippen LogP contribution in [0.3, 0.4) is 0 Å². The molecule has 7 nitrogen and oxygen atoms in total. The lowest BCUT2D eigenvalue weighted by Gasteiger charge is -2.32. The fourth-order valence-corrected chi connectivity index (χ4v) is 3.64. The zero-order valence-corrected chi connectivity index (χ0v) is 15.3. The van der Waals surface area contributed by atoms with Crippen molar-refractivity contribution in [3.63, 3.8) is 0 Å². The van der Waals surface area contributed by atoms with Crippen LogP contribution < -0.4 is 11.1 Å². The summed E-state index contributed by atoms with van der Waals surface area (Å²) in [7, 11) is 2.00. The SMILES string of the molecule is Cn1c(CCNC(=O)N2CCC[C@H](CCC(N)=O)C2)nc2ccccc21. The number of nitrogens with two attached hydrogens (primary N) is 1. The first-order valence-corrected chi connectivity index (χ1v) is 9.26. The Morgan fingerprint density at radius 1 is 1.35 bits per heavy atom. The third-order valence-corrected chi connectivity index (χ3v) is 5.11. The Labute approximate surface area is 153 Å². The fraction of sp³-hybridized carbons (Fsp3) is 0.526. The number of urea groups is 1. The maximum absolute atomic E-state index is 12.4. The van der Waals surface area contributed by atoms with Crippen molar-refractivity contribution >= 4 is 23.0 Å². The minimum atomic E-state index is -0.269. The lowest BCUT2D eigenvalue weighted by molar-refractivity contribution is -0.118. The van der Waals surface area contributed by atoms with E-state index >= 15 is 0 Å². The van der Waals surface area contributed by atoms with Gasteiger partial charge in [0.05, 0.1) is 11.0 Å². The lowest BCUT2D eigenvalue weighted by Crippen LogP contribution is -2.46. The molecule has 0 bridgehead atoms. The molecular formula is C19H27N5O2. The lowest BCUT2D eigenvalue weighted by atomic mass is 9.93. The van der Waals surface area contributed by atoms with Gasteiger partial charge in [0.2, 0.25) is 5.91 Å². The van der Waals surface area contributed by atoms with Crippen LogP contribution in [0.25, 0.3) is 11.0 Å². The van der Waals surface area contributed by atoms with Gasteiger partial charge in [-0.2, -0.15) is 0 Å². The molecule has 1 atom stereocenters. The van der Waals surface area contributed by atoms with Crippen molar-refractivity contribution in [1.82, 2.24) is 19.8 Å². The molecule has 3 amide bonds. The molecule has 0 unspecified atom stereocenters. The molecule has 26 heavy (non-hydrogen) atoms. The average molecular weight is 357 g/mol. The van der Waals surface area contributed by atoms with Gasteiger partial charge in [0.25, 0.3) is 0 Å². The fourth-order valence-electron chi connectivity index (χ4n) is 3.64. The highest BCUT2D eigenvalue weighted by Gasteiger charge is 2.23. The summed E-state index contributed by atoms with van der Waals surface area (Å²) in [5, 5.41) is 3.00. The molecule has 1 aromatic carbocycles. The molecule has 1 aliphatic rings. The normalized spacial score (nSPS) is 17.4. The quantitative estimate of drug-likeness (QED) is 0.825. The molecule has 0 saturated carbocycles. The Morgan fingerprint density at radius 3 is 2.92 bits per heavy atom. The number of hydrogen-bond donors (Lipinski definition) is 2. The van der Waals surface area contributed by atoms with Gasteiger partial charge in [0.1, 0.15) is 5.82 Å². The minimum absolute atomic E-state index is 0.0347. The molecular weight excluding hydrogens is 330 g/mol. The smallest absolute Gasteiger partial charge is 0.317 e. The van der Waals surface area contributed by atoms with E-state index < -0.39 is 0 Å². The summed E-state index contributed by atoms with van der Waals surface area (Å²) in [5.41, 5.74) is 7.30. The van der Waals surface area contributed by atoms with E-state index in [-0.39, 0.29) is 11.9 Å². The Balaban J connectivity index is 1.48. The molecule has 0 aliphatic carbocycles.